The second-order valence-corrected chi connectivity index (χ2v) is 6.42. The van der Waals surface area contributed by atoms with Gasteiger partial charge in [0.25, 0.3) is 5.91 Å². The van der Waals surface area contributed by atoms with Crippen molar-refractivity contribution in [2.45, 2.75) is 18.7 Å². The summed E-state index contributed by atoms with van der Waals surface area (Å²) in [5.74, 6) is -0.352. The van der Waals surface area contributed by atoms with Gasteiger partial charge in [-0.25, -0.2) is 8.42 Å². The van der Waals surface area contributed by atoms with E-state index < -0.39 is 9.84 Å². The summed E-state index contributed by atoms with van der Waals surface area (Å²) in [6.07, 6.45) is 10.1. The number of carbonyl (C=O) groups is 1. The Kier molecular flexibility index (Phi) is 6.11. The van der Waals surface area contributed by atoms with Crippen LogP contribution in [0.25, 0.3) is 0 Å². The Morgan fingerprint density at radius 3 is 2.48 bits per heavy atom. The molecule has 0 heterocycles. The fourth-order valence-electron chi connectivity index (χ4n) is 1.59. The first-order valence-corrected chi connectivity index (χ1v) is 8.34. The molecule has 21 heavy (non-hydrogen) atoms. The van der Waals surface area contributed by atoms with E-state index in [0.29, 0.717) is 11.3 Å². The molecule has 4 nitrogen and oxygen atoms in total. The van der Waals surface area contributed by atoms with E-state index >= 15 is 0 Å². The summed E-state index contributed by atoms with van der Waals surface area (Å²) in [6.45, 7) is 3.72. The van der Waals surface area contributed by atoms with Crippen LogP contribution in [0.4, 0.5) is 0 Å². The van der Waals surface area contributed by atoms with Gasteiger partial charge in [0.05, 0.1) is 4.90 Å². The molecule has 0 aliphatic carbocycles. The zero-order valence-corrected chi connectivity index (χ0v) is 13.1. The lowest BCUT2D eigenvalue weighted by Crippen LogP contribution is -2.22. The van der Waals surface area contributed by atoms with E-state index in [4.69, 9.17) is 0 Å². The minimum absolute atomic E-state index is 0.125. The van der Waals surface area contributed by atoms with Gasteiger partial charge in [0.1, 0.15) is 0 Å². The summed E-state index contributed by atoms with van der Waals surface area (Å²) < 4.78 is 23.0. The van der Waals surface area contributed by atoms with Crippen LogP contribution in [-0.2, 0) is 9.84 Å². The molecule has 1 rings (SSSR count). The first kappa shape index (κ1) is 16.9. The van der Waals surface area contributed by atoms with Crippen molar-refractivity contribution in [3.05, 3.63) is 65.9 Å². The molecule has 0 saturated heterocycles. The van der Waals surface area contributed by atoms with Gasteiger partial charge in [-0.1, -0.05) is 24.3 Å². The molecule has 1 N–H and O–H groups in total. The van der Waals surface area contributed by atoms with Crippen molar-refractivity contribution in [2.24, 2.45) is 0 Å². The summed E-state index contributed by atoms with van der Waals surface area (Å²) in [5, 5.41) is 2.74. The third-order valence-electron chi connectivity index (χ3n) is 2.60. The second-order valence-electron chi connectivity index (χ2n) is 4.40. The van der Waals surface area contributed by atoms with Crippen LogP contribution in [0.2, 0.25) is 0 Å². The molecule has 1 amide bonds. The average molecular weight is 305 g/mol. The second kappa shape index (κ2) is 7.59. The van der Waals surface area contributed by atoms with Crippen LogP contribution in [0.1, 0.15) is 24.2 Å². The Morgan fingerprint density at radius 2 is 1.90 bits per heavy atom. The quantitative estimate of drug-likeness (QED) is 0.851. The molecule has 0 aliphatic heterocycles. The van der Waals surface area contributed by atoms with Gasteiger partial charge >= 0.3 is 0 Å². The molecule has 0 atom stereocenters. The van der Waals surface area contributed by atoms with Gasteiger partial charge < -0.3 is 5.32 Å². The highest BCUT2D eigenvalue weighted by Crippen LogP contribution is 2.11. The largest absolute Gasteiger partial charge is 0.322 e. The van der Waals surface area contributed by atoms with Crippen LogP contribution in [0, 0.1) is 0 Å². The minimum Gasteiger partial charge on any atom is -0.322 e. The van der Waals surface area contributed by atoms with Crippen LogP contribution in [0.5, 0.6) is 0 Å². The third-order valence-corrected chi connectivity index (χ3v) is 3.71. The van der Waals surface area contributed by atoms with Gasteiger partial charge in [-0.3, -0.25) is 4.79 Å². The maximum atomic E-state index is 12.2. The Hall–Kier alpha value is -2.14. The highest BCUT2D eigenvalue weighted by atomic mass is 32.2. The zero-order valence-electron chi connectivity index (χ0n) is 12.3. The van der Waals surface area contributed by atoms with Crippen molar-refractivity contribution < 1.29 is 13.2 Å². The first-order valence-electron chi connectivity index (χ1n) is 6.45. The van der Waals surface area contributed by atoms with Crippen molar-refractivity contribution >= 4 is 15.7 Å². The van der Waals surface area contributed by atoms with Gasteiger partial charge in [-0.2, -0.15) is 0 Å². The third kappa shape index (κ3) is 5.39. The summed E-state index contributed by atoms with van der Waals surface area (Å²) in [4.78, 5) is 12.3. The molecule has 0 fully saturated rings. The molecule has 1 aromatic rings. The van der Waals surface area contributed by atoms with Crippen molar-refractivity contribution in [3.8, 4) is 0 Å². The normalized spacial score (nSPS) is 13.0. The molecule has 5 heteroatoms. The maximum absolute atomic E-state index is 12.2. The molecular weight excluding hydrogens is 286 g/mol. The van der Waals surface area contributed by atoms with Gasteiger partial charge in [-0.05, 0) is 44.2 Å². The number of allylic oxidation sites excluding steroid dienone is 5. The fourth-order valence-corrected chi connectivity index (χ4v) is 2.26. The van der Waals surface area contributed by atoms with Crippen LogP contribution >= 0.6 is 0 Å². The summed E-state index contributed by atoms with van der Waals surface area (Å²) in [6, 6.07) is 5.96. The molecule has 0 radical (unpaired) electrons. The standard InChI is InChI=1S/C16H19NO3S/c1-4-6-10-14(8-5-2)17-16(18)13-9-7-11-15(12-13)21(3,19)20/h4-12H,1-3H3,(H,17,18)/b6-4-,8-5-,14-10+. The Morgan fingerprint density at radius 1 is 1.19 bits per heavy atom. The monoisotopic (exact) mass is 305 g/mol. The predicted molar refractivity (Wildman–Crippen MR) is 84.7 cm³/mol. The first-order chi connectivity index (χ1) is 9.88. The van der Waals surface area contributed by atoms with Crippen molar-refractivity contribution in [3.63, 3.8) is 0 Å². The zero-order chi connectivity index (χ0) is 15.9. The molecule has 0 spiro atoms. The molecular formula is C16H19NO3S. The Labute approximate surface area is 125 Å². The van der Waals surface area contributed by atoms with E-state index in [2.05, 4.69) is 5.32 Å². The number of carbonyl (C=O) groups excluding carboxylic acids is 1. The van der Waals surface area contributed by atoms with Crippen molar-refractivity contribution in [2.75, 3.05) is 6.26 Å². The van der Waals surface area contributed by atoms with E-state index in [1.807, 2.05) is 32.1 Å². The molecule has 0 saturated carbocycles. The summed E-state index contributed by atoms with van der Waals surface area (Å²) in [7, 11) is -3.33. The molecule has 112 valence electrons. The van der Waals surface area contributed by atoms with Crippen LogP contribution in [0.3, 0.4) is 0 Å². The number of hydrogen-bond donors (Lipinski definition) is 1. The van der Waals surface area contributed by atoms with Gasteiger partial charge in [0.15, 0.2) is 9.84 Å². The van der Waals surface area contributed by atoms with Crippen LogP contribution in [0.15, 0.2) is 65.2 Å². The molecule has 0 aromatic heterocycles. The van der Waals surface area contributed by atoms with Gasteiger partial charge in [0, 0.05) is 17.5 Å². The Balaban J connectivity index is 3.04. The number of amides is 1. The molecule has 1 aromatic carbocycles. The van der Waals surface area contributed by atoms with E-state index in [0.717, 1.165) is 6.26 Å². The van der Waals surface area contributed by atoms with Crippen LogP contribution < -0.4 is 5.32 Å². The predicted octanol–water partition coefficient (Wildman–Crippen LogP) is 2.86. The number of sulfone groups is 1. The van der Waals surface area contributed by atoms with Gasteiger partial charge in [0.2, 0.25) is 0 Å². The Bertz CT molecular complexity index is 698. The van der Waals surface area contributed by atoms with E-state index in [9.17, 15) is 13.2 Å². The topological polar surface area (TPSA) is 63.2 Å². The fraction of sp³-hybridized carbons (Fsp3) is 0.188. The number of nitrogens with one attached hydrogen (secondary N) is 1. The highest BCUT2D eigenvalue weighted by molar-refractivity contribution is 7.90. The van der Waals surface area contributed by atoms with E-state index in [1.54, 1.807) is 24.3 Å². The number of rotatable bonds is 5. The molecule has 0 unspecified atom stereocenters. The smallest absolute Gasteiger partial charge is 0.255 e. The summed E-state index contributed by atoms with van der Waals surface area (Å²) in [5.41, 5.74) is 0.930. The van der Waals surface area contributed by atoms with Crippen LogP contribution in [-0.4, -0.2) is 20.6 Å². The molecule has 0 aliphatic rings. The SMILES string of the molecule is C\C=C/C=C(\C=C/C)NC(=O)c1cccc(S(C)(=O)=O)c1. The molecule has 0 bridgehead atoms. The van der Waals surface area contributed by atoms with Gasteiger partial charge in [-0.15, -0.1) is 0 Å². The lowest BCUT2D eigenvalue weighted by Gasteiger charge is -2.07. The van der Waals surface area contributed by atoms with E-state index in [1.165, 1.54) is 12.1 Å². The average Bonchev–Trinajstić information content (AvgIpc) is 2.44. The maximum Gasteiger partial charge on any atom is 0.255 e. The van der Waals surface area contributed by atoms with E-state index in [-0.39, 0.29) is 10.8 Å². The number of hydrogen-bond acceptors (Lipinski definition) is 3. The summed E-state index contributed by atoms with van der Waals surface area (Å²) >= 11 is 0. The highest BCUT2D eigenvalue weighted by Gasteiger charge is 2.11. The minimum atomic E-state index is -3.33. The van der Waals surface area contributed by atoms with Crippen molar-refractivity contribution in [1.82, 2.24) is 5.32 Å². The lowest BCUT2D eigenvalue weighted by atomic mass is 10.2. The lowest BCUT2D eigenvalue weighted by molar-refractivity contribution is 0.0967. The number of benzene rings is 1. The van der Waals surface area contributed by atoms with Crippen molar-refractivity contribution in [1.29, 1.82) is 0 Å².